The van der Waals surface area contributed by atoms with Crippen LogP contribution < -0.4 is 22.6 Å². The van der Waals surface area contributed by atoms with Gasteiger partial charge < -0.3 is 50.5 Å². The number of rotatable bonds is 2. The van der Waals surface area contributed by atoms with E-state index in [9.17, 15) is 38.7 Å². The van der Waals surface area contributed by atoms with Crippen LogP contribution in [0, 0.1) is 0 Å². The summed E-state index contributed by atoms with van der Waals surface area (Å²) in [6, 6.07) is 1.34. The SMILES string of the molecule is Nc1cc2c(ncn2[C@@H]2O[C@@H]3COP(=O)(O)O[C@H]4[C@@H](O)[C@H](n5cnc6c(=O)[nH]c(N)nc65)O[C@@H]4COP(=O)(O)O[C@H]3[C@H]2O)c(=O)[nH]1. The van der Waals surface area contributed by atoms with Gasteiger partial charge in [0.2, 0.25) is 5.95 Å². The number of imidazole rings is 2. The van der Waals surface area contributed by atoms with Gasteiger partial charge in [0.1, 0.15) is 42.4 Å². The Labute approximate surface area is 253 Å². The normalized spacial score (nSPS) is 37.1. The number of aliphatic hydroxyl groups is 2. The van der Waals surface area contributed by atoms with E-state index < -0.39 is 89.1 Å². The minimum atomic E-state index is -5.09. The second kappa shape index (κ2) is 11.0. The average Bonchev–Trinajstić information content (AvgIpc) is 3.72. The van der Waals surface area contributed by atoms with Crippen LogP contribution in [0.25, 0.3) is 22.2 Å². The zero-order chi connectivity index (χ0) is 32.7. The van der Waals surface area contributed by atoms with Crippen molar-refractivity contribution in [3.05, 3.63) is 39.4 Å². The molecule has 0 aromatic carbocycles. The molecule has 3 saturated heterocycles. The molecular formula is C21H25N9O14P2. The molecule has 0 saturated carbocycles. The number of aromatic nitrogens is 7. The molecule has 3 aliphatic heterocycles. The summed E-state index contributed by atoms with van der Waals surface area (Å²) in [6.45, 7) is -1.71. The summed E-state index contributed by atoms with van der Waals surface area (Å²) >= 11 is 0. The lowest BCUT2D eigenvalue weighted by molar-refractivity contribution is -0.0663. The third-order valence-corrected chi connectivity index (χ3v) is 9.50. The summed E-state index contributed by atoms with van der Waals surface area (Å²) in [5.74, 6) is -0.308. The molecule has 10 N–H and O–H groups in total. The molecule has 0 radical (unpaired) electrons. The van der Waals surface area contributed by atoms with Gasteiger partial charge in [0.15, 0.2) is 29.1 Å². The van der Waals surface area contributed by atoms with E-state index in [1.165, 1.54) is 10.6 Å². The maximum Gasteiger partial charge on any atom is 0.472 e. The van der Waals surface area contributed by atoms with Gasteiger partial charge in [0.25, 0.3) is 11.1 Å². The van der Waals surface area contributed by atoms with Crippen LogP contribution in [0.4, 0.5) is 11.8 Å². The molecule has 2 unspecified atom stereocenters. The highest BCUT2D eigenvalue weighted by Gasteiger charge is 2.54. The number of anilines is 2. The third-order valence-electron chi connectivity index (χ3n) is 7.53. The van der Waals surface area contributed by atoms with Crippen molar-refractivity contribution >= 4 is 49.6 Å². The number of aromatic amines is 2. The molecule has 0 spiro atoms. The van der Waals surface area contributed by atoms with Crippen LogP contribution in [0.2, 0.25) is 0 Å². The molecule has 0 aliphatic carbocycles. The largest absolute Gasteiger partial charge is 0.472 e. The highest BCUT2D eigenvalue weighted by atomic mass is 31.2. The molecule has 0 bridgehead atoms. The highest BCUT2D eigenvalue weighted by molar-refractivity contribution is 7.47. The van der Waals surface area contributed by atoms with Gasteiger partial charge >= 0.3 is 15.6 Å². The van der Waals surface area contributed by atoms with Crippen LogP contribution in [0.5, 0.6) is 0 Å². The van der Waals surface area contributed by atoms with Crippen LogP contribution in [-0.4, -0.2) is 104 Å². The number of pyridine rings is 1. The molecule has 7 rings (SSSR count). The van der Waals surface area contributed by atoms with Crippen molar-refractivity contribution < 1.29 is 56.7 Å². The smallest absolute Gasteiger partial charge is 0.386 e. The van der Waals surface area contributed by atoms with Gasteiger partial charge in [-0.2, -0.15) is 4.98 Å². The number of phosphoric ester groups is 2. The molecule has 4 aromatic heterocycles. The Kier molecular flexibility index (Phi) is 7.43. The molecule has 46 heavy (non-hydrogen) atoms. The number of nitrogen functional groups attached to an aromatic ring is 2. The molecule has 3 fully saturated rings. The Morgan fingerprint density at radius 2 is 1.35 bits per heavy atom. The van der Waals surface area contributed by atoms with Crippen LogP contribution in [0.1, 0.15) is 12.5 Å². The number of phosphoric acid groups is 2. The number of fused-ring (bicyclic) bond motifs is 4. The molecule has 4 aromatic rings. The van der Waals surface area contributed by atoms with Crippen LogP contribution in [0.15, 0.2) is 28.3 Å². The topological polar surface area (TPSA) is 337 Å². The minimum absolute atomic E-state index is 0.0306. The molecular weight excluding hydrogens is 664 g/mol. The fraction of sp³-hybridized carbons (Fsp3) is 0.476. The maximum atomic E-state index is 13.1. The molecule has 0 amide bonds. The summed E-state index contributed by atoms with van der Waals surface area (Å²) in [5.41, 5.74) is 9.83. The van der Waals surface area contributed by atoms with Crippen LogP contribution in [0.3, 0.4) is 0 Å². The minimum Gasteiger partial charge on any atom is -0.386 e. The zero-order valence-electron chi connectivity index (χ0n) is 22.9. The quantitative estimate of drug-likeness (QED) is 0.101. The van der Waals surface area contributed by atoms with Crippen molar-refractivity contribution in [3.8, 4) is 0 Å². The molecule has 25 heteroatoms. The lowest BCUT2D eigenvalue weighted by atomic mass is 10.1. The number of H-pyrrole nitrogens is 2. The van der Waals surface area contributed by atoms with Crippen molar-refractivity contribution in [2.75, 3.05) is 24.7 Å². The van der Waals surface area contributed by atoms with Gasteiger partial charge in [-0.1, -0.05) is 0 Å². The Bertz CT molecular complexity index is 1900. The Morgan fingerprint density at radius 3 is 1.96 bits per heavy atom. The number of nitrogens with one attached hydrogen (secondary N) is 2. The predicted octanol–water partition coefficient (Wildman–Crippen LogP) is -2.44. The lowest BCUT2D eigenvalue weighted by Gasteiger charge is -2.27. The highest BCUT2D eigenvalue weighted by Crippen LogP contribution is 2.53. The Hall–Kier alpha value is -3.57. The predicted molar refractivity (Wildman–Crippen MR) is 148 cm³/mol. The first-order chi connectivity index (χ1) is 21.7. The Balaban J connectivity index is 1.18. The second-order valence-corrected chi connectivity index (χ2v) is 13.3. The van der Waals surface area contributed by atoms with Crippen molar-refractivity contribution in [1.82, 2.24) is 34.1 Å². The van der Waals surface area contributed by atoms with Gasteiger partial charge in [0, 0.05) is 6.07 Å². The van der Waals surface area contributed by atoms with Crippen molar-refractivity contribution in [2.45, 2.75) is 49.1 Å². The van der Waals surface area contributed by atoms with E-state index in [-0.39, 0.29) is 34.0 Å². The maximum absolute atomic E-state index is 13.1. The molecule has 23 nitrogen and oxygen atoms in total. The van der Waals surface area contributed by atoms with E-state index in [4.69, 9.17) is 39.0 Å². The number of hydrogen-bond acceptors (Lipinski definition) is 17. The number of ether oxygens (including phenoxy) is 2. The first-order valence-corrected chi connectivity index (χ1v) is 16.3. The monoisotopic (exact) mass is 689 g/mol. The summed E-state index contributed by atoms with van der Waals surface area (Å²) in [7, 11) is -10.2. The van der Waals surface area contributed by atoms with E-state index in [1.807, 2.05) is 0 Å². The molecule has 3 aliphatic rings. The van der Waals surface area contributed by atoms with E-state index >= 15 is 0 Å². The van der Waals surface area contributed by atoms with E-state index in [2.05, 4.69) is 24.9 Å². The summed E-state index contributed by atoms with van der Waals surface area (Å²) < 4.78 is 60.8. The zero-order valence-corrected chi connectivity index (χ0v) is 24.7. The molecule has 7 heterocycles. The van der Waals surface area contributed by atoms with E-state index in [0.717, 1.165) is 17.2 Å². The second-order valence-electron chi connectivity index (χ2n) is 10.5. The van der Waals surface area contributed by atoms with Gasteiger partial charge in [-0.3, -0.25) is 37.2 Å². The fourth-order valence-electron chi connectivity index (χ4n) is 5.53. The van der Waals surface area contributed by atoms with Crippen LogP contribution >= 0.6 is 15.6 Å². The van der Waals surface area contributed by atoms with Crippen molar-refractivity contribution in [3.63, 3.8) is 0 Å². The summed E-state index contributed by atoms with van der Waals surface area (Å²) in [5, 5.41) is 22.3. The van der Waals surface area contributed by atoms with Crippen molar-refractivity contribution in [2.24, 2.45) is 0 Å². The molecule has 248 valence electrons. The number of nitrogens with two attached hydrogens (primary N) is 2. The fourth-order valence-corrected chi connectivity index (χ4v) is 7.45. The van der Waals surface area contributed by atoms with Gasteiger partial charge in [-0.05, 0) is 0 Å². The number of aliphatic hydroxyl groups excluding tert-OH is 2. The first-order valence-electron chi connectivity index (χ1n) is 13.3. The summed E-state index contributed by atoms with van der Waals surface area (Å²) in [4.78, 5) is 62.2. The standard InChI is InChI=1S/C21H25N9O14P2/c22-9-1-6-10(17(33)26-9)24-4-29(6)19-12(31)14-7(41-19)2-39-46(37,38)44-15-8(3-40-45(35,36)43-14)42-20(13(15)32)30-5-25-11-16(30)27-21(23)28-18(11)34/h1,4-5,7-8,12-15,19-20,31-32H,2-3H2,(H,35,36)(H,37,38)(H3,22,26,33)(H3,23,27,28,34)/t7-,8-,12-,13-,14-,15-,19-,20-/m1/s1. The average molecular weight is 689 g/mol. The van der Waals surface area contributed by atoms with Gasteiger partial charge in [0.05, 0.1) is 31.4 Å². The van der Waals surface area contributed by atoms with E-state index in [1.54, 1.807) is 0 Å². The van der Waals surface area contributed by atoms with Gasteiger partial charge in [-0.25, -0.2) is 19.1 Å². The van der Waals surface area contributed by atoms with Gasteiger partial charge in [-0.15, -0.1) is 0 Å². The Morgan fingerprint density at radius 1 is 0.826 bits per heavy atom. The summed E-state index contributed by atoms with van der Waals surface area (Å²) in [6.07, 6.45) is -10.6. The van der Waals surface area contributed by atoms with Crippen molar-refractivity contribution in [1.29, 1.82) is 0 Å². The lowest BCUT2D eigenvalue weighted by Crippen LogP contribution is -2.39. The molecule has 10 atom stereocenters. The third kappa shape index (κ3) is 5.35. The first kappa shape index (κ1) is 31.1. The van der Waals surface area contributed by atoms with Crippen LogP contribution in [-0.2, 0) is 36.7 Å². The number of nitrogens with zero attached hydrogens (tertiary/aromatic N) is 5. The van der Waals surface area contributed by atoms with E-state index in [0.29, 0.717) is 0 Å². The number of hydrogen-bond donors (Lipinski definition) is 8.